The molecule has 0 aromatic heterocycles. The second-order valence-corrected chi connectivity index (χ2v) is 3.75. The Kier molecular flexibility index (Phi) is 3.82. The summed E-state index contributed by atoms with van der Waals surface area (Å²) >= 11 is 0. The number of hydrogen-bond acceptors (Lipinski definition) is 3. The van der Waals surface area contributed by atoms with Crippen molar-refractivity contribution in [3.8, 4) is 0 Å². The van der Waals surface area contributed by atoms with Gasteiger partial charge in [0.2, 0.25) is 0 Å². The maximum absolute atomic E-state index is 11.2. The van der Waals surface area contributed by atoms with Crippen molar-refractivity contribution in [3.05, 3.63) is 34.9 Å². The molecule has 0 heterocycles. The van der Waals surface area contributed by atoms with Gasteiger partial charge in [0, 0.05) is 0 Å². The molecule has 5 N–H and O–H groups in total. The first-order valence-corrected chi connectivity index (χ1v) is 4.86. The summed E-state index contributed by atoms with van der Waals surface area (Å²) in [6.45, 7) is 4.01. The van der Waals surface area contributed by atoms with E-state index >= 15 is 0 Å². The average Bonchev–Trinajstić information content (AvgIpc) is 2.22. The molecule has 1 aromatic carbocycles. The van der Waals surface area contributed by atoms with E-state index in [4.69, 9.17) is 11.6 Å². The van der Waals surface area contributed by atoms with Gasteiger partial charge in [0.05, 0.1) is 6.04 Å². The minimum atomic E-state index is -0.588. The first kappa shape index (κ1) is 11.7. The maximum atomic E-state index is 11.2. The number of carbonyl (C=O) groups is 1. The summed E-state index contributed by atoms with van der Waals surface area (Å²) in [4.78, 5) is 11.2. The summed E-state index contributed by atoms with van der Waals surface area (Å²) in [5.74, 6) is 4.68. The van der Waals surface area contributed by atoms with Gasteiger partial charge in [-0.25, -0.2) is 5.84 Å². The Bertz CT molecular complexity index is 363. The van der Waals surface area contributed by atoms with Crippen molar-refractivity contribution in [3.63, 3.8) is 0 Å². The lowest BCUT2D eigenvalue weighted by Crippen LogP contribution is -2.45. The van der Waals surface area contributed by atoms with Gasteiger partial charge in [0.1, 0.15) is 0 Å². The molecule has 0 fully saturated rings. The molecular weight excluding hydrogens is 190 g/mol. The second-order valence-electron chi connectivity index (χ2n) is 3.75. The SMILES string of the molecule is Cc1ccc(C)c(CC(N)C(=O)NN)c1. The molecule has 0 radical (unpaired) electrons. The normalized spacial score (nSPS) is 12.3. The van der Waals surface area contributed by atoms with E-state index in [1.165, 1.54) is 0 Å². The van der Waals surface area contributed by atoms with Crippen LogP contribution in [0.15, 0.2) is 18.2 Å². The first-order chi connectivity index (χ1) is 7.04. The van der Waals surface area contributed by atoms with Crippen LogP contribution in [-0.2, 0) is 11.2 Å². The summed E-state index contributed by atoms with van der Waals surface area (Å²) < 4.78 is 0. The number of rotatable bonds is 3. The smallest absolute Gasteiger partial charge is 0.251 e. The first-order valence-electron chi connectivity index (χ1n) is 4.86. The van der Waals surface area contributed by atoms with Gasteiger partial charge in [-0.2, -0.15) is 0 Å². The van der Waals surface area contributed by atoms with Crippen molar-refractivity contribution in [2.24, 2.45) is 11.6 Å². The Morgan fingerprint density at radius 1 is 1.47 bits per heavy atom. The van der Waals surface area contributed by atoms with Crippen molar-refractivity contribution >= 4 is 5.91 Å². The molecular formula is C11H17N3O. The fourth-order valence-electron chi connectivity index (χ4n) is 1.46. The monoisotopic (exact) mass is 207 g/mol. The molecule has 0 aliphatic heterocycles. The van der Waals surface area contributed by atoms with Crippen molar-refractivity contribution < 1.29 is 4.79 Å². The highest BCUT2D eigenvalue weighted by molar-refractivity contribution is 5.81. The number of carbonyl (C=O) groups excluding carboxylic acids is 1. The molecule has 0 aliphatic carbocycles. The van der Waals surface area contributed by atoms with Crippen molar-refractivity contribution in [1.29, 1.82) is 0 Å². The topological polar surface area (TPSA) is 81.1 Å². The van der Waals surface area contributed by atoms with Crippen LogP contribution < -0.4 is 17.0 Å². The number of hydrogen-bond donors (Lipinski definition) is 3. The number of aryl methyl sites for hydroxylation is 2. The van der Waals surface area contributed by atoms with Crippen LogP contribution in [0.2, 0.25) is 0 Å². The van der Waals surface area contributed by atoms with E-state index in [0.717, 1.165) is 16.7 Å². The van der Waals surface area contributed by atoms with Crippen LogP contribution in [0, 0.1) is 13.8 Å². The molecule has 0 bridgehead atoms. The fraction of sp³-hybridized carbons (Fsp3) is 0.364. The van der Waals surface area contributed by atoms with Gasteiger partial charge in [-0.15, -0.1) is 0 Å². The van der Waals surface area contributed by atoms with E-state index in [0.29, 0.717) is 6.42 Å². The van der Waals surface area contributed by atoms with Crippen LogP contribution in [0.5, 0.6) is 0 Å². The summed E-state index contributed by atoms with van der Waals surface area (Å²) in [7, 11) is 0. The summed E-state index contributed by atoms with van der Waals surface area (Å²) in [6, 6.07) is 5.51. The third-order valence-electron chi connectivity index (χ3n) is 2.42. The molecule has 0 spiro atoms. The van der Waals surface area contributed by atoms with E-state index in [1.54, 1.807) is 0 Å². The van der Waals surface area contributed by atoms with Gasteiger partial charge in [0.25, 0.3) is 5.91 Å². The van der Waals surface area contributed by atoms with Crippen molar-refractivity contribution in [1.82, 2.24) is 5.43 Å². The van der Waals surface area contributed by atoms with E-state index in [-0.39, 0.29) is 5.91 Å². The number of nitrogens with one attached hydrogen (secondary N) is 1. The van der Waals surface area contributed by atoms with Crippen LogP contribution in [0.25, 0.3) is 0 Å². The standard InChI is InChI=1S/C11H17N3O/c1-7-3-4-8(2)9(5-7)6-10(12)11(15)14-13/h3-5,10H,6,12-13H2,1-2H3,(H,14,15). The zero-order valence-corrected chi connectivity index (χ0v) is 9.08. The number of amides is 1. The highest BCUT2D eigenvalue weighted by Gasteiger charge is 2.13. The minimum absolute atomic E-state index is 0.337. The summed E-state index contributed by atoms with van der Waals surface area (Å²) in [5, 5.41) is 0. The summed E-state index contributed by atoms with van der Waals surface area (Å²) in [6.07, 6.45) is 0.510. The Balaban J connectivity index is 2.80. The molecule has 0 saturated heterocycles. The Morgan fingerprint density at radius 2 is 2.13 bits per heavy atom. The van der Waals surface area contributed by atoms with Gasteiger partial charge in [-0.1, -0.05) is 23.8 Å². The highest BCUT2D eigenvalue weighted by Crippen LogP contribution is 2.12. The molecule has 1 atom stereocenters. The quantitative estimate of drug-likeness (QED) is 0.375. The van der Waals surface area contributed by atoms with Crippen LogP contribution >= 0.6 is 0 Å². The average molecular weight is 207 g/mol. The maximum Gasteiger partial charge on any atom is 0.251 e. The Hall–Kier alpha value is -1.39. The van der Waals surface area contributed by atoms with E-state index in [9.17, 15) is 4.79 Å². The van der Waals surface area contributed by atoms with Crippen molar-refractivity contribution in [2.45, 2.75) is 26.3 Å². The minimum Gasteiger partial charge on any atom is -0.320 e. The molecule has 15 heavy (non-hydrogen) atoms. The Morgan fingerprint density at radius 3 is 2.73 bits per heavy atom. The molecule has 1 aromatic rings. The lowest BCUT2D eigenvalue weighted by molar-refractivity contribution is -0.122. The number of benzene rings is 1. The Labute approximate surface area is 89.6 Å². The third kappa shape index (κ3) is 3.04. The van der Waals surface area contributed by atoms with Crippen LogP contribution in [0.4, 0.5) is 0 Å². The van der Waals surface area contributed by atoms with Gasteiger partial charge < -0.3 is 5.73 Å². The lowest BCUT2D eigenvalue weighted by atomic mass is 9.99. The molecule has 1 amide bonds. The zero-order chi connectivity index (χ0) is 11.4. The molecule has 0 aliphatic rings. The van der Waals surface area contributed by atoms with Gasteiger partial charge in [-0.3, -0.25) is 10.2 Å². The predicted octanol–water partition coefficient (Wildman–Crippen LogP) is 0.163. The van der Waals surface area contributed by atoms with E-state index in [2.05, 4.69) is 5.43 Å². The van der Waals surface area contributed by atoms with Gasteiger partial charge >= 0.3 is 0 Å². The van der Waals surface area contributed by atoms with Crippen LogP contribution in [0.1, 0.15) is 16.7 Å². The number of nitrogens with two attached hydrogens (primary N) is 2. The lowest BCUT2D eigenvalue weighted by Gasteiger charge is -2.12. The second kappa shape index (κ2) is 4.91. The van der Waals surface area contributed by atoms with Gasteiger partial charge in [0.15, 0.2) is 0 Å². The van der Waals surface area contributed by atoms with E-state index < -0.39 is 6.04 Å². The summed E-state index contributed by atoms with van der Waals surface area (Å²) in [5.41, 5.74) is 11.1. The zero-order valence-electron chi connectivity index (χ0n) is 9.08. The van der Waals surface area contributed by atoms with Crippen molar-refractivity contribution in [2.75, 3.05) is 0 Å². The van der Waals surface area contributed by atoms with Crippen LogP contribution in [-0.4, -0.2) is 11.9 Å². The third-order valence-corrected chi connectivity index (χ3v) is 2.42. The van der Waals surface area contributed by atoms with E-state index in [1.807, 2.05) is 32.0 Å². The fourth-order valence-corrected chi connectivity index (χ4v) is 1.46. The molecule has 1 rings (SSSR count). The predicted molar refractivity (Wildman–Crippen MR) is 59.9 cm³/mol. The molecule has 4 nitrogen and oxygen atoms in total. The molecule has 1 unspecified atom stereocenters. The largest absolute Gasteiger partial charge is 0.320 e. The van der Waals surface area contributed by atoms with Gasteiger partial charge in [-0.05, 0) is 31.4 Å². The molecule has 82 valence electrons. The van der Waals surface area contributed by atoms with Crippen LogP contribution in [0.3, 0.4) is 0 Å². The highest BCUT2D eigenvalue weighted by atomic mass is 16.2. The number of hydrazine groups is 1. The molecule has 4 heteroatoms. The molecule has 0 saturated carbocycles.